The molecule has 0 aliphatic carbocycles. The summed E-state index contributed by atoms with van der Waals surface area (Å²) in [6, 6.07) is 7.58. The van der Waals surface area contributed by atoms with Gasteiger partial charge >= 0.3 is 5.97 Å². The van der Waals surface area contributed by atoms with Gasteiger partial charge in [-0.05, 0) is 32.9 Å². The molecule has 2 aromatic rings. The highest BCUT2D eigenvalue weighted by Crippen LogP contribution is 2.14. The van der Waals surface area contributed by atoms with E-state index in [1.807, 2.05) is 38.1 Å². The molecule has 0 aliphatic rings. The fourth-order valence-corrected chi connectivity index (χ4v) is 1.82. The summed E-state index contributed by atoms with van der Waals surface area (Å²) in [5, 5.41) is 8.23. The first-order chi connectivity index (χ1) is 9.61. The summed E-state index contributed by atoms with van der Waals surface area (Å²) < 4.78 is 4.97. The van der Waals surface area contributed by atoms with Gasteiger partial charge in [-0.25, -0.2) is 4.98 Å². The van der Waals surface area contributed by atoms with Crippen LogP contribution in [0.4, 0.5) is 5.95 Å². The molecule has 6 nitrogen and oxygen atoms in total. The Morgan fingerprint density at radius 2 is 1.95 bits per heavy atom. The fraction of sp³-hybridized carbons (Fsp3) is 0.429. The first kappa shape index (κ1) is 14.2. The van der Waals surface area contributed by atoms with Crippen molar-refractivity contribution in [3.8, 4) is 0 Å². The summed E-state index contributed by atoms with van der Waals surface area (Å²) in [6.07, 6.45) is 0. The maximum atomic E-state index is 11.7. The maximum absolute atomic E-state index is 11.7. The Kier molecular flexibility index (Phi) is 4.45. The molecule has 1 heterocycles. The van der Waals surface area contributed by atoms with Crippen LogP contribution in [0.2, 0.25) is 0 Å². The number of anilines is 1. The van der Waals surface area contributed by atoms with Crippen molar-refractivity contribution in [2.75, 3.05) is 18.1 Å². The first-order valence-electron chi connectivity index (χ1n) is 6.63. The van der Waals surface area contributed by atoms with Gasteiger partial charge in [0.1, 0.15) is 12.1 Å². The quantitative estimate of drug-likeness (QED) is 0.774. The second kappa shape index (κ2) is 6.27. The van der Waals surface area contributed by atoms with E-state index in [0.29, 0.717) is 12.6 Å². The first-order valence-corrected chi connectivity index (χ1v) is 6.63. The molecule has 0 bridgehead atoms. The average Bonchev–Trinajstić information content (AvgIpc) is 2.44. The normalized spacial score (nSPS) is 10.8. The second-order valence-corrected chi connectivity index (χ2v) is 4.63. The highest BCUT2D eigenvalue weighted by molar-refractivity contribution is 5.77. The summed E-state index contributed by atoms with van der Waals surface area (Å²) in [5.74, 6) is 0.143. The third kappa shape index (κ3) is 3.20. The summed E-state index contributed by atoms with van der Waals surface area (Å²) in [7, 11) is 0. The number of benzene rings is 1. The van der Waals surface area contributed by atoms with Crippen LogP contribution in [0.3, 0.4) is 0 Å². The minimum absolute atomic E-state index is 0.0716. The summed E-state index contributed by atoms with van der Waals surface area (Å²) in [6.45, 7) is 6.20. The van der Waals surface area contributed by atoms with E-state index in [-0.39, 0.29) is 18.6 Å². The molecule has 6 heteroatoms. The fourth-order valence-electron chi connectivity index (χ4n) is 1.82. The monoisotopic (exact) mass is 274 g/mol. The third-order valence-corrected chi connectivity index (χ3v) is 2.83. The van der Waals surface area contributed by atoms with E-state index in [4.69, 9.17) is 4.74 Å². The van der Waals surface area contributed by atoms with Crippen molar-refractivity contribution in [3.05, 3.63) is 24.3 Å². The number of rotatable bonds is 5. The molecule has 0 spiro atoms. The molecule has 0 saturated heterocycles. The van der Waals surface area contributed by atoms with Gasteiger partial charge in [0.15, 0.2) is 0 Å². The van der Waals surface area contributed by atoms with Gasteiger partial charge in [0, 0.05) is 6.04 Å². The molecule has 1 aromatic heterocycles. The summed E-state index contributed by atoms with van der Waals surface area (Å²) in [4.78, 5) is 17.9. The van der Waals surface area contributed by atoms with Crippen molar-refractivity contribution in [3.63, 3.8) is 0 Å². The SMILES string of the molecule is CCOC(=O)CN(c1nnc2ccccc2n1)C(C)C. The van der Waals surface area contributed by atoms with Gasteiger partial charge in [-0.1, -0.05) is 12.1 Å². The smallest absolute Gasteiger partial charge is 0.325 e. The van der Waals surface area contributed by atoms with Gasteiger partial charge in [-0.3, -0.25) is 4.79 Å². The van der Waals surface area contributed by atoms with Crippen molar-refractivity contribution in [2.45, 2.75) is 26.8 Å². The molecular weight excluding hydrogens is 256 g/mol. The van der Waals surface area contributed by atoms with E-state index >= 15 is 0 Å². The van der Waals surface area contributed by atoms with Crippen molar-refractivity contribution in [2.24, 2.45) is 0 Å². The van der Waals surface area contributed by atoms with Crippen molar-refractivity contribution >= 4 is 23.0 Å². The van der Waals surface area contributed by atoms with Crippen LogP contribution < -0.4 is 4.90 Å². The van der Waals surface area contributed by atoms with Gasteiger partial charge in [0.05, 0.1) is 12.1 Å². The molecule has 0 atom stereocenters. The lowest BCUT2D eigenvalue weighted by atomic mass is 10.3. The minimum atomic E-state index is -0.294. The van der Waals surface area contributed by atoms with Gasteiger partial charge in [-0.2, -0.15) is 0 Å². The number of aromatic nitrogens is 3. The standard InChI is InChI=1S/C14H18N4O2/c1-4-20-13(19)9-18(10(2)3)14-15-11-7-5-6-8-12(11)16-17-14/h5-8,10H,4,9H2,1-3H3. The van der Waals surface area contributed by atoms with Crippen LogP contribution in [0.25, 0.3) is 11.0 Å². The van der Waals surface area contributed by atoms with E-state index in [2.05, 4.69) is 15.2 Å². The maximum Gasteiger partial charge on any atom is 0.325 e. The van der Waals surface area contributed by atoms with Gasteiger partial charge in [0.2, 0.25) is 5.95 Å². The molecule has 0 amide bonds. The van der Waals surface area contributed by atoms with E-state index in [1.54, 1.807) is 11.8 Å². The molecule has 0 aliphatic heterocycles. The van der Waals surface area contributed by atoms with Crippen LogP contribution in [0.1, 0.15) is 20.8 Å². The van der Waals surface area contributed by atoms with E-state index in [0.717, 1.165) is 11.0 Å². The van der Waals surface area contributed by atoms with Gasteiger partial charge in [0.25, 0.3) is 0 Å². The number of esters is 1. The van der Waals surface area contributed by atoms with Crippen LogP contribution in [-0.4, -0.2) is 40.3 Å². The number of nitrogens with zero attached hydrogens (tertiary/aromatic N) is 4. The number of carbonyl (C=O) groups excluding carboxylic acids is 1. The van der Waals surface area contributed by atoms with Crippen LogP contribution in [-0.2, 0) is 9.53 Å². The molecule has 1 aromatic carbocycles. The highest BCUT2D eigenvalue weighted by atomic mass is 16.5. The number of ether oxygens (including phenoxy) is 1. The molecule has 0 unspecified atom stereocenters. The highest BCUT2D eigenvalue weighted by Gasteiger charge is 2.18. The molecule has 0 radical (unpaired) electrons. The third-order valence-electron chi connectivity index (χ3n) is 2.83. The number of para-hydroxylation sites is 1. The van der Waals surface area contributed by atoms with E-state index in [9.17, 15) is 4.79 Å². The molecule has 2 rings (SSSR count). The molecular formula is C14H18N4O2. The zero-order chi connectivity index (χ0) is 14.5. The Labute approximate surface area is 117 Å². The zero-order valence-corrected chi connectivity index (χ0v) is 11.9. The Balaban J connectivity index is 2.29. The molecule has 0 N–H and O–H groups in total. The Morgan fingerprint density at radius 3 is 2.60 bits per heavy atom. The van der Waals surface area contributed by atoms with Crippen LogP contribution in [0.5, 0.6) is 0 Å². The molecule has 0 fully saturated rings. The Morgan fingerprint density at radius 1 is 1.25 bits per heavy atom. The topological polar surface area (TPSA) is 68.2 Å². The average molecular weight is 274 g/mol. The second-order valence-electron chi connectivity index (χ2n) is 4.63. The number of carbonyl (C=O) groups is 1. The van der Waals surface area contributed by atoms with Crippen LogP contribution in [0, 0.1) is 0 Å². The van der Waals surface area contributed by atoms with Crippen molar-refractivity contribution in [1.82, 2.24) is 15.2 Å². The predicted octanol–water partition coefficient (Wildman–Crippen LogP) is 1.80. The lowest BCUT2D eigenvalue weighted by molar-refractivity contribution is -0.141. The Bertz CT molecular complexity index is 600. The van der Waals surface area contributed by atoms with Gasteiger partial charge < -0.3 is 9.64 Å². The largest absolute Gasteiger partial charge is 0.465 e. The molecule has 0 saturated carbocycles. The number of hydrogen-bond donors (Lipinski definition) is 0. The zero-order valence-electron chi connectivity index (χ0n) is 11.9. The van der Waals surface area contributed by atoms with Crippen LogP contribution in [0.15, 0.2) is 24.3 Å². The van der Waals surface area contributed by atoms with E-state index in [1.165, 1.54) is 0 Å². The van der Waals surface area contributed by atoms with Crippen molar-refractivity contribution in [1.29, 1.82) is 0 Å². The Hall–Kier alpha value is -2.24. The van der Waals surface area contributed by atoms with Gasteiger partial charge in [-0.15, -0.1) is 10.2 Å². The number of fused-ring (bicyclic) bond motifs is 1. The lowest BCUT2D eigenvalue weighted by Crippen LogP contribution is -2.38. The summed E-state index contributed by atoms with van der Waals surface area (Å²) >= 11 is 0. The van der Waals surface area contributed by atoms with E-state index < -0.39 is 0 Å². The number of hydrogen-bond acceptors (Lipinski definition) is 6. The molecule has 106 valence electrons. The lowest BCUT2D eigenvalue weighted by Gasteiger charge is -2.25. The summed E-state index contributed by atoms with van der Waals surface area (Å²) in [5.41, 5.74) is 1.49. The predicted molar refractivity (Wildman–Crippen MR) is 76.4 cm³/mol. The van der Waals surface area contributed by atoms with Crippen molar-refractivity contribution < 1.29 is 9.53 Å². The minimum Gasteiger partial charge on any atom is -0.465 e. The molecule has 20 heavy (non-hydrogen) atoms. The van der Waals surface area contributed by atoms with Crippen LogP contribution >= 0.6 is 0 Å².